The summed E-state index contributed by atoms with van der Waals surface area (Å²) in [6.45, 7) is 11.1. The normalized spacial score (nSPS) is 10.5. The molecule has 0 saturated carbocycles. The summed E-state index contributed by atoms with van der Waals surface area (Å²) in [5, 5.41) is 4.45. The summed E-state index contributed by atoms with van der Waals surface area (Å²) in [5.41, 5.74) is 0. The molecule has 0 aromatic heterocycles. The molecule has 0 rings (SSSR count). The molecule has 0 atom stereocenters. The van der Waals surface area contributed by atoms with Crippen LogP contribution >= 0.6 is 0 Å². The molecule has 12 heavy (non-hydrogen) atoms. The molecule has 0 unspecified atom stereocenters. The third-order valence-electron chi connectivity index (χ3n) is 1.73. The molecular formula is C10H22NNa. The van der Waals surface area contributed by atoms with Crippen molar-refractivity contribution in [3.05, 3.63) is 5.32 Å². The van der Waals surface area contributed by atoms with Crippen molar-refractivity contribution >= 4 is 0 Å². The standard InChI is InChI=1S/C10H22N.Na/c1-9(2)5-7-11-8-6-10(3)4;/h9-10H,5-8H2,1-4H3;/q-1;+1. The number of nitrogens with zero attached hydrogens (tertiary/aromatic N) is 1. The van der Waals surface area contributed by atoms with Crippen molar-refractivity contribution in [2.45, 2.75) is 40.5 Å². The van der Waals surface area contributed by atoms with Gasteiger partial charge in [0.1, 0.15) is 0 Å². The monoisotopic (exact) mass is 179 g/mol. The maximum atomic E-state index is 4.45. The molecule has 68 valence electrons. The maximum Gasteiger partial charge on any atom is 1.00 e. The van der Waals surface area contributed by atoms with Crippen LogP contribution in [0.25, 0.3) is 5.32 Å². The SMILES string of the molecule is CC(C)CC[N-]CCC(C)C.[Na+]. The Kier molecular flexibility index (Phi) is 12.9. The predicted octanol–water partition coefficient (Wildman–Crippen LogP) is 0.456. The quantitative estimate of drug-likeness (QED) is 0.415. The first-order valence-corrected chi connectivity index (χ1v) is 4.76. The summed E-state index contributed by atoms with van der Waals surface area (Å²) in [5.74, 6) is 1.61. The van der Waals surface area contributed by atoms with Crippen molar-refractivity contribution in [2.24, 2.45) is 11.8 Å². The number of hydrogen-bond donors (Lipinski definition) is 0. The molecule has 0 radical (unpaired) electrons. The largest absolute Gasteiger partial charge is 1.00 e. The van der Waals surface area contributed by atoms with Gasteiger partial charge in [0.15, 0.2) is 0 Å². The Morgan fingerprint density at radius 1 is 0.833 bits per heavy atom. The van der Waals surface area contributed by atoms with Crippen molar-refractivity contribution in [1.29, 1.82) is 0 Å². The first-order valence-electron chi connectivity index (χ1n) is 4.76. The third-order valence-corrected chi connectivity index (χ3v) is 1.73. The van der Waals surface area contributed by atoms with Gasteiger partial charge in [0.05, 0.1) is 0 Å². The number of rotatable bonds is 6. The average molecular weight is 179 g/mol. The molecule has 0 heterocycles. The minimum absolute atomic E-state index is 0. The first kappa shape index (κ1) is 15.4. The Morgan fingerprint density at radius 3 is 1.42 bits per heavy atom. The van der Waals surface area contributed by atoms with Crippen LogP contribution in [0.3, 0.4) is 0 Å². The van der Waals surface area contributed by atoms with E-state index in [1.165, 1.54) is 12.8 Å². The molecule has 0 bridgehead atoms. The van der Waals surface area contributed by atoms with E-state index in [4.69, 9.17) is 0 Å². The van der Waals surface area contributed by atoms with Gasteiger partial charge in [0.2, 0.25) is 0 Å². The van der Waals surface area contributed by atoms with E-state index in [9.17, 15) is 0 Å². The molecule has 2 heteroatoms. The summed E-state index contributed by atoms with van der Waals surface area (Å²) in [6.07, 6.45) is 2.50. The number of hydrogen-bond acceptors (Lipinski definition) is 0. The minimum atomic E-state index is 0. The van der Waals surface area contributed by atoms with Crippen LogP contribution in [0.5, 0.6) is 0 Å². The third kappa shape index (κ3) is 13.5. The Balaban J connectivity index is 0. The van der Waals surface area contributed by atoms with Gasteiger partial charge in [-0.05, 0) is 11.8 Å². The maximum absolute atomic E-state index is 4.45. The molecule has 0 aromatic rings. The van der Waals surface area contributed by atoms with E-state index < -0.39 is 0 Å². The predicted molar refractivity (Wildman–Crippen MR) is 52.0 cm³/mol. The van der Waals surface area contributed by atoms with E-state index >= 15 is 0 Å². The average Bonchev–Trinajstić information content (AvgIpc) is 1.85. The van der Waals surface area contributed by atoms with Crippen LogP contribution in [0.15, 0.2) is 0 Å². The molecule has 0 aromatic carbocycles. The van der Waals surface area contributed by atoms with Gasteiger partial charge in [-0.15, -0.1) is 13.1 Å². The van der Waals surface area contributed by atoms with E-state index in [1.54, 1.807) is 0 Å². The summed E-state index contributed by atoms with van der Waals surface area (Å²) in [7, 11) is 0. The molecule has 0 aliphatic carbocycles. The van der Waals surface area contributed by atoms with Gasteiger partial charge in [0.25, 0.3) is 0 Å². The molecule has 0 fully saturated rings. The van der Waals surface area contributed by atoms with Crippen molar-refractivity contribution in [1.82, 2.24) is 0 Å². The van der Waals surface area contributed by atoms with Crippen molar-refractivity contribution < 1.29 is 29.6 Å². The zero-order valence-corrected chi connectivity index (χ0v) is 11.4. The van der Waals surface area contributed by atoms with E-state index in [0.29, 0.717) is 0 Å². The fourth-order valence-electron chi connectivity index (χ4n) is 0.811. The molecular weight excluding hydrogens is 157 g/mol. The van der Waals surface area contributed by atoms with Crippen LogP contribution < -0.4 is 29.6 Å². The molecule has 0 spiro atoms. The summed E-state index contributed by atoms with van der Waals surface area (Å²) >= 11 is 0. The summed E-state index contributed by atoms with van der Waals surface area (Å²) < 4.78 is 0. The topological polar surface area (TPSA) is 14.1 Å². The van der Waals surface area contributed by atoms with Crippen LogP contribution in [0.2, 0.25) is 0 Å². The first-order chi connectivity index (χ1) is 5.13. The van der Waals surface area contributed by atoms with E-state index in [-0.39, 0.29) is 29.6 Å². The van der Waals surface area contributed by atoms with Crippen LogP contribution in [0, 0.1) is 11.8 Å². The van der Waals surface area contributed by atoms with Crippen molar-refractivity contribution in [2.75, 3.05) is 13.1 Å². The van der Waals surface area contributed by atoms with Crippen LogP contribution in [0.4, 0.5) is 0 Å². The van der Waals surface area contributed by atoms with E-state index in [2.05, 4.69) is 33.0 Å². The summed E-state index contributed by atoms with van der Waals surface area (Å²) in [4.78, 5) is 0. The zero-order chi connectivity index (χ0) is 8.69. The van der Waals surface area contributed by atoms with Crippen molar-refractivity contribution in [3.63, 3.8) is 0 Å². The fourth-order valence-corrected chi connectivity index (χ4v) is 0.811. The molecule has 0 N–H and O–H groups in total. The van der Waals surface area contributed by atoms with Crippen molar-refractivity contribution in [3.8, 4) is 0 Å². The fraction of sp³-hybridized carbons (Fsp3) is 1.00. The smallest absolute Gasteiger partial charge is 0.662 e. The second kappa shape index (κ2) is 10.0. The molecule has 0 aliphatic rings. The van der Waals surface area contributed by atoms with E-state index in [1.807, 2.05) is 0 Å². The summed E-state index contributed by atoms with van der Waals surface area (Å²) in [6, 6.07) is 0. The second-order valence-electron chi connectivity index (χ2n) is 4.04. The van der Waals surface area contributed by atoms with Gasteiger partial charge in [-0.2, -0.15) is 0 Å². The van der Waals surface area contributed by atoms with Gasteiger partial charge < -0.3 is 5.32 Å². The van der Waals surface area contributed by atoms with Crippen LogP contribution in [-0.4, -0.2) is 13.1 Å². The van der Waals surface area contributed by atoms with Gasteiger partial charge in [-0.25, -0.2) is 0 Å². The molecule has 0 aliphatic heterocycles. The Morgan fingerprint density at radius 2 is 1.17 bits per heavy atom. The second-order valence-corrected chi connectivity index (χ2v) is 4.04. The zero-order valence-electron chi connectivity index (χ0n) is 9.43. The molecule has 0 saturated heterocycles. The van der Waals surface area contributed by atoms with Gasteiger partial charge in [-0.1, -0.05) is 40.5 Å². The Hall–Kier alpha value is 0.960. The molecule has 1 nitrogen and oxygen atoms in total. The van der Waals surface area contributed by atoms with E-state index in [0.717, 1.165) is 24.9 Å². The Bertz CT molecular complexity index is 71.9. The van der Waals surface area contributed by atoms with Gasteiger partial charge in [0, 0.05) is 0 Å². The van der Waals surface area contributed by atoms with Gasteiger partial charge >= 0.3 is 29.6 Å². The Labute approximate surface area is 100.0 Å². The van der Waals surface area contributed by atoms with Crippen LogP contribution in [-0.2, 0) is 0 Å². The van der Waals surface area contributed by atoms with Crippen LogP contribution in [0.1, 0.15) is 40.5 Å². The van der Waals surface area contributed by atoms with Gasteiger partial charge in [-0.3, -0.25) is 0 Å². The minimum Gasteiger partial charge on any atom is -0.662 e. The molecule has 0 amide bonds.